The second-order valence-corrected chi connectivity index (χ2v) is 10.7. The van der Waals surface area contributed by atoms with Crippen LogP contribution in [0.3, 0.4) is 0 Å². The molecule has 0 unspecified atom stereocenters. The summed E-state index contributed by atoms with van der Waals surface area (Å²) in [5.41, 5.74) is 2.32. The molecule has 3 heterocycles. The van der Waals surface area contributed by atoms with Gasteiger partial charge in [-0.15, -0.1) is 0 Å². The highest BCUT2D eigenvalue weighted by molar-refractivity contribution is 7.13. The number of fused-ring (bicyclic) bond motifs is 1. The predicted molar refractivity (Wildman–Crippen MR) is 120 cm³/mol. The molecule has 33 heavy (non-hydrogen) atoms. The van der Waals surface area contributed by atoms with Crippen LogP contribution in [0, 0.1) is 18.8 Å². The van der Waals surface area contributed by atoms with E-state index in [1.165, 1.54) is 24.2 Å². The molecule has 4 rings (SSSR count). The van der Waals surface area contributed by atoms with Crippen molar-refractivity contribution in [3.8, 4) is 5.19 Å². The van der Waals surface area contributed by atoms with Gasteiger partial charge in [-0.1, -0.05) is 34.5 Å². The fourth-order valence-corrected chi connectivity index (χ4v) is 5.66. The van der Waals surface area contributed by atoms with E-state index in [4.69, 9.17) is 4.74 Å². The van der Waals surface area contributed by atoms with E-state index < -0.39 is 12.5 Å². The van der Waals surface area contributed by atoms with Gasteiger partial charge in [-0.2, -0.15) is 0 Å². The lowest BCUT2D eigenvalue weighted by atomic mass is 9.78. The molecule has 7 nitrogen and oxygen atoms in total. The minimum Gasteiger partial charge on any atom is -0.464 e. The van der Waals surface area contributed by atoms with Gasteiger partial charge in [0, 0.05) is 31.3 Å². The number of aromatic nitrogens is 3. The van der Waals surface area contributed by atoms with Crippen molar-refractivity contribution in [3.05, 3.63) is 22.0 Å². The molecule has 1 aliphatic carbocycles. The van der Waals surface area contributed by atoms with Gasteiger partial charge >= 0.3 is 0 Å². The number of halogens is 2. The van der Waals surface area contributed by atoms with Crippen LogP contribution in [-0.4, -0.2) is 51.6 Å². The normalized spacial score (nSPS) is 21.7. The summed E-state index contributed by atoms with van der Waals surface area (Å²) >= 11 is 1.40. The molecule has 1 fully saturated rings. The number of rotatable bonds is 10. The number of hydrogen-bond acceptors (Lipinski definition) is 8. The summed E-state index contributed by atoms with van der Waals surface area (Å²) in [5.74, 6) is -1.47. The first-order valence-electron chi connectivity index (χ1n) is 11.8. The maximum Gasteiger partial charge on any atom is 0.278 e. The Morgan fingerprint density at radius 1 is 1.24 bits per heavy atom. The summed E-state index contributed by atoms with van der Waals surface area (Å²) in [6.45, 7) is 4.78. The van der Waals surface area contributed by atoms with Crippen molar-refractivity contribution in [2.45, 2.75) is 77.7 Å². The van der Waals surface area contributed by atoms with Crippen LogP contribution in [0.4, 0.5) is 8.78 Å². The summed E-state index contributed by atoms with van der Waals surface area (Å²) in [6, 6.07) is 0. The lowest BCUT2D eigenvalue weighted by Crippen LogP contribution is -2.32. The number of carbonyl (C=O) groups is 1. The molecule has 2 aliphatic rings. The Hall–Kier alpha value is -1.94. The third kappa shape index (κ3) is 7.02. The Morgan fingerprint density at radius 2 is 2.00 bits per heavy atom. The molecule has 0 spiro atoms. The molecule has 2 aromatic heterocycles. The van der Waals surface area contributed by atoms with E-state index in [-0.39, 0.29) is 5.78 Å². The second-order valence-electron chi connectivity index (χ2n) is 9.63. The number of alkyl halides is 2. The molecule has 1 aliphatic heterocycles. The SMILES string of the molecule is Cc1nonc1CC(=O)CC1CCC(CCN2CCc3sc(OCC(C)(F)F)nc3C2)CC1. The van der Waals surface area contributed by atoms with Crippen LogP contribution in [0.5, 0.6) is 5.19 Å². The van der Waals surface area contributed by atoms with Crippen molar-refractivity contribution >= 4 is 17.1 Å². The predicted octanol–water partition coefficient (Wildman–Crippen LogP) is 4.63. The van der Waals surface area contributed by atoms with Crippen LogP contribution in [-0.2, 0) is 24.2 Å². The van der Waals surface area contributed by atoms with Gasteiger partial charge in [0.1, 0.15) is 17.2 Å². The van der Waals surface area contributed by atoms with E-state index >= 15 is 0 Å². The smallest absolute Gasteiger partial charge is 0.278 e. The number of carbonyl (C=O) groups excluding carboxylic acids is 1. The third-order valence-electron chi connectivity index (χ3n) is 6.68. The number of hydrogen-bond donors (Lipinski definition) is 0. The van der Waals surface area contributed by atoms with Gasteiger partial charge in [0.2, 0.25) is 0 Å². The monoisotopic (exact) mass is 482 g/mol. The van der Waals surface area contributed by atoms with Crippen molar-refractivity contribution in [1.29, 1.82) is 0 Å². The Morgan fingerprint density at radius 3 is 2.70 bits per heavy atom. The summed E-state index contributed by atoms with van der Waals surface area (Å²) in [6.07, 6.45) is 7.52. The highest BCUT2D eigenvalue weighted by atomic mass is 32.1. The Kier molecular flexibility index (Phi) is 7.73. The molecule has 0 amide bonds. The molecular formula is C23H32F2N4O3S. The lowest BCUT2D eigenvalue weighted by molar-refractivity contribution is -0.119. The van der Waals surface area contributed by atoms with Crippen molar-refractivity contribution in [2.75, 3.05) is 19.7 Å². The summed E-state index contributed by atoms with van der Waals surface area (Å²) in [4.78, 5) is 20.4. The van der Waals surface area contributed by atoms with Crippen LogP contribution in [0.1, 0.15) is 67.4 Å². The number of nitrogens with zero attached hydrogens (tertiary/aromatic N) is 4. The quantitative estimate of drug-likeness (QED) is 0.489. The maximum absolute atomic E-state index is 13.0. The van der Waals surface area contributed by atoms with E-state index in [0.717, 1.165) is 62.8 Å². The summed E-state index contributed by atoms with van der Waals surface area (Å²) < 4.78 is 35.9. The van der Waals surface area contributed by atoms with Gasteiger partial charge in [0.15, 0.2) is 6.61 Å². The van der Waals surface area contributed by atoms with Crippen LogP contribution in [0.2, 0.25) is 0 Å². The molecule has 0 saturated heterocycles. The van der Waals surface area contributed by atoms with Crippen molar-refractivity contribution in [1.82, 2.24) is 20.2 Å². The molecule has 0 aromatic carbocycles. The fraction of sp³-hybridized carbons (Fsp3) is 0.739. The first kappa shape index (κ1) is 24.2. The number of aryl methyl sites for hydroxylation is 1. The average Bonchev–Trinajstić information content (AvgIpc) is 3.36. The molecule has 0 atom stereocenters. The molecule has 0 radical (unpaired) electrons. The summed E-state index contributed by atoms with van der Waals surface area (Å²) in [5, 5.41) is 7.90. The van der Waals surface area contributed by atoms with Crippen LogP contribution in [0.15, 0.2) is 4.63 Å². The Balaban J connectivity index is 1.15. The topological polar surface area (TPSA) is 81.4 Å². The van der Waals surface area contributed by atoms with Gasteiger partial charge < -0.3 is 4.74 Å². The van der Waals surface area contributed by atoms with E-state index in [1.54, 1.807) is 0 Å². The molecule has 2 aromatic rings. The van der Waals surface area contributed by atoms with Gasteiger partial charge in [-0.3, -0.25) is 9.69 Å². The van der Waals surface area contributed by atoms with E-state index in [1.807, 2.05) is 6.92 Å². The van der Waals surface area contributed by atoms with Gasteiger partial charge in [-0.05, 0) is 51.0 Å². The van der Waals surface area contributed by atoms with Gasteiger partial charge in [0.25, 0.3) is 11.1 Å². The molecule has 182 valence electrons. The summed E-state index contributed by atoms with van der Waals surface area (Å²) in [7, 11) is 0. The highest BCUT2D eigenvalue weighted by Crippen LogP contribution is 2.34. The van der Waals surface area contributed by atoms with Crippen LogP contribution < -0.4 is 4.74 Å². The molecule has 1 saturated carbocycles. The van der Waals surface area contributed by atoms with Crippen molar-refractivity contribution in [3.63, 3.8) is 0 Å². The third-order valence-corrected chi connectivity index (χ3v) is 7.75. The molecule has 0 N–H and O–H groups in total. The van der Waals surface area contributed by atoms with E-state index in [0.29, 0.717) is 41.3 Å². The van der Waals surface area contributed by atoms with Crippen molar-refractivity contribution in [2.24, 2.45) is 11.8 Å². The van der Waals surface area contributed by atoms with Gasteiger partial charge in [-0.25, -0.2) is 18.4 Å². The zero-order chi connectivity index (χ0) is 23.4. The molecule has 10 heteroatoms. The molecule has 0 bridgehead atoms. The standard InChI is InChI=1S/C23H32F2N4O3S/c1-15-19(28-32-27-15)12-18(30)11-17-5-3-16(4-6-17)7-9-29-10-8-21-20(13-29)26-22(33-21)31-14-23(2,24)25/h16-17H,3-14H2,1-2H3. The zero-order valence-corrected chi connectivity index (χ0v) is 20.1. The molecular weight excluding hydrogens is 450 g/mol. The van der Waals surface area contributed by atoms with Crippen LogP contribution in [0.25, 0.3) is 0 Å². The lowest BCUT2D eigenvalue weighted by Gasteiger charge is -2.31. The first-order chi connectivity index (χ1) is 15.7. The largest absolute Gasteiger partial charge is 0.464 e. The first-order valence-corrected chi connectivity index (χ1v) is 12.6. The Labute approximate surface area is 196 Å². The van der Waals surface area contributed by atoms with E-state index in [2.05, 4.69) is 24.8 Å². The van der Waals surface area contributed by atoms with Crippen molar-refractivity contribution < 1.29 is 22.9 Å². The average molecular weight is 483 g/mol. The van der Waals surface area contributed by atoms with E-state index in [9.17, 15) is 13.6 Å². The van der Waals surface area contributed by atoms with Gasteiger partial charge in [0.05, 0.1) is 12.1 Å². The fourth-order valence-electron chi connectivity index (χ4n) is 4.75. The number of ketones is 1. The number of Topliss-reactive ketones (excluding diaryl/α,β-unsaturated/α-hetero) is 1. The van der Waals surface area contributed by atoms with Crippen LogP contribution >= 0.6 is 11.3 Å². The second kappa shape index (κ2) is 10.5. The highest BCUT2D eigenvalue weighted by Gasteiger charge is 2.27. The minimum absolute atomic E-state index is 0.218. The number of thiazole rings is 1. The Bertz CT molecular complexity index is 935. The minimum atomic E-state index is -2.85. The number of ether oxygens (including phenoxy) is 1. The maximum atomic E-state index is 13.0. The zero-order valence-electron chi connectivity index (χ0n) is 19.3.